The van der Waals surface area contributed by atoms with E-state index in [1.165, 1.54) is 62.1 Å². The summed E-state index contributed by atoms with van der Waals surface area (Å²) in [5, 5.41) is 0. The molecule has 0 saturated carbocycles. The lowest BCUT2D eigenvalue weighted by atomic mass is 10.3. The summed E-state index contributed by atoms with van der Waals surface area (Å²) in [5.74, 6) is -0.652. The fourth-order valence-electron chi connectivity index (χ4n) is 0.899. The van der Waals surface area contributed by atoms with Crippen LogP contribution in [0, 0.1) is 0 Å². The standard InChI is InChI=1S/C13H13N5O2/c14-13(19)12-10-18-3-1-2-15-4-5-16-6-7-17-8-9-20-11-12/h1-11H,(H2,14,19). The molecule has 0 bridgehead atoms. The van der Waals surface area contributed by atoms with Gasteiger partial charge in [-0.3, -0.25) is 24.7 Å². The molecule has 7 heteroatoms. The second-order valence-corrected chi connectivity index (χ2v) is 3.17. The highest BCUT2D eigenvalue weighted by molar-refractivity contribution is 5.91. The summed E-state index contributed by atoms with van der Waals surface area (Å²) < 4.78 is 4.98. The molecule has 20 heavy (non-hydrogen) atoms. The first-order valence-corrected chi connectivity index (χ1v) is 5.52. The van der Waals surface area contributed by atoms with Gasteiger partial charge in [0.25, 0.3) is 5.91 Å². The van der Waals surface area contributed by atoms with Gasteiger partial charge >= 0.3 is 0 Å². The minimum absolute atomic E-state index is 0.117. The Morgan fingerprint density at radius 1 is 0.900 bits per heavy atom. The first-order valence-electron chi connectivity index (χ1n) is 5.52. The van der Waals surface area contributed by atoms with E-state index in [9.17, 15) is 4.79 Å². The smallest absolute Gasteiger partial charge is 0.253 e. The SMILES string of the molecule is NC(=O)c1cncccnccnccnccoc1. The van der Waals surface area contributed by atoms with E-state index in [4.69, 9.17) is 10.2 Å². The molecule has 1 aromatic rings. The van der Waals surface area contributed by atoms with Crippen molar-refractivity contribution in [3.05, 3.63) is 73.7 Å². The molecule has 0 aromatic carbocycles. The van der Waals surface area contributed by atoms with E-state index < -0.39 is 5.91 Å². The van der Waals surface area contributed by atoms with E-state index in [0.29, 0.717) is 0 Å². The summed E-state index contributed by atoms with van der Waals surface area (Å²) in [6, 6.07) is 1.59. The van der Waals surface area contributed by atoms with E-state index in [0.717, 1.165) is 0 Å². The van der Waals surface area contributed by atoms with E-state index in [2.05, 4.69) is 19.9 Å². The zero-order valence-electron chi connectivity index (χ0n) is 10.5. The highest BCUT2D eigenvalue weighted by Crippen LogP contribution is 1.89. The molecular weight excluding hydrogens is 258 g/mol. The second-order valence-electron chi connectivity index (χ2n) is 3.17. The minimum atomic E-state index is -0.652. The molecule has 1 aromatic heterocycles. The number of aromatic nitrogens is 4. The number of carbonyl (C=O) groups excluding carboxylic acids is 1. The molecule has 1 heterocycles. The van der Waals surface area contributed by atoms with Crippen LogP contribution in [0.5, 0.6) is 0 Å². The van der Waals surface area contributed by atoms with Crippen LogP contribution in [0.3, 0.4) is 0 Å². The topological polar surface area (TPSA) is 108 Å². The molecule has 0 aliphatic rings. The molecule has 0 atom stereocenters. The molecular formula is C13H13N5O2. The van der Waals surface area contributed by atoms with Gasteiger partial charge in [-0.15, -0.1) is 0 Å². The Balaban J connectivity index is 3.25. The summed E-state index contributed by atoms with van der Waals surface area (Å²) in [5.41, 5.74) is 5.28. The Labute approximate surface area is 115 Å². The molecule has 0 radical (unpaired) electrons. The van der Waals surface area contributed by atoms with Gasteiger partial charge in [0.1, 0.15) is 12.5 Å². The van der Waals surface area contributed by atoms with Crippen molar-refractivity contribution in [2.24, 2.45) is 5.73 Å². The average Bonchev–Trinajstić information content (AvgIpc) is 2.43. The minimum Gasteiger partial charge on any atom is -0.470 e. The van der Waals surface area contributed by atoms with Crippen LogP contribution in [0.25, 0.3) is 0 Å². The molecule has 102 valence electrons. The highest BCUT2D eigenvalue weighted by atomic mass is 16.3. The largest absolute Gasteiger partial charge is 0.470 e. The number of hydrogen-bond acceptors (Lipinski definition) is 6. The van der Waals surface area contributed by atoms with Crippen molar-refractivity contribution in [3.63, 3.8) is 0 Å². The number of primary amides is 1. The molecule has 2 N–H and O–H groups in total. The summed E-state index contributed by atoms with van der Waals surface area (Å²) >= 11 is 0. The zero-order chi connectivity index (χ0) is 14.5. The van der Waals surface area contributed by atoms with Crippen molar-refractivity contribution < 1.29 is 9.21 Å². The van der Waals surface area contributed by atoms with Crippen LogP contribution in [0.1, 0.15) is 10.4 Å². The number of rotatable bonds is 1. The van der Waals surface area contributed by atoms with Crippen molar-refractivity contribution in [3.8, 4) is 0 Å². The molecule has 1 rings (SSSR count). The summed E-state index contributed by atoms with van der Waals surface area (Å²) in [6.07, 6.45) is 14.1. The van der Waals surface area contributed by atoms with Gasteiger partial charge in [0.2, 0.25) is 0 Å². The van der Waals surface area contributed by atoms with Crippen molar-refractivity contribution in [2.45, 2.75) is 0 Å². The van der Waals surface area contributed by atoms with Crippen LogP contribution in [0.2, 0.25) is 0 Å². The Morgan fingerprint density at radius 2 is 1.50 bits per heavy atom. The average molecular weight is 271 g/mol. The Bertz CT molecular complexity index is 554. The Morgan fingerprint density at radius 3 is 2.20 bits per heavy atom. The van der Waals surface area contributed by atoms with Gasteiger partial charge in [-0.2, -0.15) is 0 Å². The van der Waals surface area contributed by atoms with Gasteiger partial charge < -0.3 is 10.2 Å². The van der Waals surface area contributed by atoms with Gasteiger partial charge in [-0.1, -0.05) is 0 Å². The van der Waals surface area contributed by atoms with Gasteiger partial charge in [0.15, 0.2) is 0 Å². The molecule has 0 fully saturated rings. The van der Waals surface area contributed by atoms with Crippen molar-refractivity contribution in [1.29, 1.82) is 0 Å². The van der Waals surface area contributed by atoms with Gasteiger partial charge in [-0.05, 0) is 6.07 Å². The van der Waals surface area contributed by atoms with Gasteiger partial charge in [0.05, 0.1) is 11.8 Å². The maximum absolute atomic E-state index is 11.1. The molecule has 0 aliphatic carbocycles. The van der Waals surface area contributed by atoms with E-state index in [1.807, 2.05) is 0 Å². The number of nitrogens with zero attached hydrogens (tertiary/aromatic N) is 4. The lowest BCUT2D eigenvalue weighted by molar-refractivity contribution is 0.0998. The molecule has 1 amide bonds. The van der Waals surface area contributed by atoms with E-state index in [1.54, 1.807) is 6.07 Å². The molecule has 0 aliphatic heterocycles. The lowest BCUT2D eigenvalue weighted by Crippen LogP contribution is -2.10. The first-order chi connectivity index (χ1) is 9.80. The third-order valence-electron chi connectivity index (χ3n) is 1.74. The maximum atomic E-state index is 11.1. The summed E-state index contributed by atoms with van der Waals surface area (Å²) in [6.45, 7) is 0. The fraction of sp³-hybridized carbons (Fsp3) is 0. The van der Waals surface area contributed by atoms with E-state index >= 15 is 0 Å². The first kappa shape index (κ1) is 15.0. The van der Waals surface area contributed by atoms with Crippen molar-refractivity contribution in [2.75, 3.05) is 0 Å². The molecule has 7 nitrogen and oxygen atoms in total. The molecule has 0 saturated heterocycles. The third-order valence-corrected chi connectivity index (χ3v) is 1.74. The van der Waals surface area contributed by atoms with Crippen LogP contribution >= 0.6 is 0 Å². The number of hydrogen-bond donors (Lipinski definition) is 1. The lowest BCUT2D eigenvalue weighted by Gasteiger charge is -1.85. The van der Waals surface area contributed by atoms with Crippen LogP contribution in [-0.4, -0.2) is 25.8 Å². The van der Waals surface area contributed by atoms with Crippen LogP contribution in [0.15, 0.2) is 72.6 Å². The predicted molar refractivity (Wildman–Crippen MR) is 71.3 cm³/mol. The summed E-state index contributed by atoms with van der Waals surface area (Å²) in [4.78, 5) is 26.6. The number of amides is 1. The van der Waals surface area contributed by atoms with Crippen molar-refractivity contribution in [1.82, 2.24) is 19.9 Å². The fourth-order valence-corrected chi connectivity index (χ4v) is 0.899. The van der Waals surface area contributed by atoms with E-state index in [-0.39, 0.29) is 5.56 Å². The molecule has 0 spiro atoms. The quantitative estimate of drug-likeness (QED) is 0.825. The van der Waals surface area contributed by atoms with Crippen LogP contribution in [-0.2, 0) is 0 Å². The third kappa shape index (κ3) is 7.28. The zero-order valence-corrected chi connectivity index (χ0v) is 10.5. The normalized spacial score (nSPS) is 8.40. The number of carbonyl (C=O) groups is 1. The van der Waals surface area contributed by atoms with Gasteiger partial charge in [-0.25, -0.2) is 0 Å². The highest BCUT2D eigenvalue weighted by Gasteiger charge is 1.95. The van der Waals surface area contributed by atoms with Crippen LogP contribution in [0.4, 0.5) is 0 Å². The van der Waals surface area contributed by atoms with Crippen molar-refractivity contribution >= 4 is 5.91 Å². The Kier molecular flexibility index (Phi) is 7.40. The second kappa shape index (κ2) is 9.89. The predicted octanol–water partition coefficient (Wildman–Crippen LogP) is 1.33. The Hall–Kier alpha value is -3.09. The van der Waals surface area contributed by atoms with Gasteiger partial charge in [0, 0.05) is 43.4 Å². The monoisotopic (exact) mass is 271 g/mol. The molecule has 0 unspecified atom stereocenters. The maximum Gasteiger partial charge on any atom is 0.253 e. The van der Waals surface area contributed by atoms with Crippen LogP contribution < -0.4 is 5.73 Å². The number of nitrogens with two attached hydrogens (primary N) is 1. The summed E-state index contributed by atoms with van der Waals surface area (Å²) in [7, 11) is 0.